The van der Waals surface area contributed by atoms with E-state index in [0.29, 0.717) is 24.5 Å². The molecule has 0 aromatic heterocycles. The van der Waals surface area contributed by atoms with Gasteiger partial charge in [0.25, 0.3) is 0 Å². The SMILES string of the molecule is CCOc1ccc(F)c(N2CCC(Oc3ccc(N4CC(Cc5cccc(OC)c5)=CC4CC#N)cc3)CC2)c1. The van der Waals surface area contributed by atoms with Crippen LogP contribution in [0.25, 0.3) is 0 Å². The fourth-order valence-corrected chi connectivity index (χ4v) is 5.57. The number of piperidine rings is 1. The maximum atomic E-state index is 14.5. The van der Waals surface area contributed by atoms with E-state index in [0.717, 1.165) is 56.1 Å². The molecule has 2 aliphatic heterocycles. The number of methoxy groups -OCH3 is 1. The van der Waals surface area contributed by atoms with Crippen molar-refractivity contribution in [1.29, 1.82) is 5.26 Å². The third-order valence-electron chi connectivity index (χ3n) is 7.55. The van der Waals surface area contributed by atoms with Crippen LogP contribution in [0, 0.1) is 17.1 Å². The molecule has 1 saturated heterocycles. The van der Waals surface area contributed by atoms with Crippen LogP contribution in [-0.2, 0) is 6.42 Å². The summed E-state index contributed by atoms with van der Waals surface area (Å²) in [5.74, 6) is 2.14. The van der Waals surface area contributed by atoms with Gasteiger partial charge in [0.2, 0.25) is 0 Å². The van der Waals surface area contributed by atoms with Gasteiger partial charge in [0.1, 0.15) is 29.2 Å². The lowest BCUT2D eigenvalue weighted by molar-refractivity contribution is 0.170. The average molecular weight is 542 g/mol. The van der Waals surface area contributed by atoms with Crippen LogP contribution in [-0.4, -0.2) is 45.5 Å². The number of halogens is 1. The van der Waals surface area contributed by atoms with Crippen LogP contribution in [0.15, 0.2) is 78.4 Å². The molecule has 0 spiro atoms. The van der Waals surface area contributed by atoms with Gasteiger partial charge in [-0.3, -0.25) is 0 Å². The number of benzene rings is 3. The molecule has 208 valence electrons. The lowest BCUT2D eigenvalue weighted by Crippen LogP contribution is -2.38. The lowest BCUT2D eigenvalue weighted by Gasteiger charge is -2.34. The largest absolute Gasteiger partial charge is 0.497 e. The van der Waals surface area contributed by atoms with Crippen molar-refractivity contribution in [2.75, 3.05) is 43.2 Å². The van der Waals surface area contributed by atoms with Gasteiger partial charge in [-0.2, -0.15) is 5.26 Å². The Morgan fingerprint density at radius 1 is 0.975 bits per heavy atom. The van der Waals surface area contributed by atoms with Gasteiger partial charge in [-0.05, 0) is 73.0 Å². The maximum Gasteiger partial charge on any atom is 0.146 e. The minimum Gasteiger partial charge on any atom is -0.497 e. The summed E-state index contributed by atoms with van der Waals surface area (Å²) in [5, 5.41) is 9.43. The number of nitrogens with zero attached hydrogens (tertiary/aromatic N) is 3. The standard InChI is InChI=1S/C33H36FN3O3/c1-3-39-31-11-12-32(34)33(22-31)36-17-14-29(15-18-36)40-28-9-7-26(8-10-28)37-23-25(20-27(37)13-16-35)19-24-5-4-6-30(21-24)38-2/h4-12,20-22,27,29H,3,13-15,17-19,23H2,1-2H3. The molecule has 3 aromatic carbocycles. The van der Waals surface area contributed by atoms with Gasteiger partial charge < -0.3 is 24.0 Å². The van der Waals surface area contributed by atoms with E-state index in [-0.39, 0.29) is 18.0 Å². The molecule has 0 amide bonds. The van der Waals surface area contributed by atoms with E-state index in [1.54, 1.807) is 19.2 Å². The molecule has 0 radical (unpaired) electrons. The molecule has 2 aliphatic rings. The van der Waals surface area contributed by atoms with Gasteiger partial charge in [0.15, 0.2) is 0 Å². The fraction of sp³-hybridized carbons (Fsp3) is 0.364. The zero-order valence-corrected chi connectivity index (χ0v) is 23.2. The molecule has 0 bridgehead atoms. The summed E-state index contributed by atoms with van der Waals surface area (Å²) in [6.07, 6.45) is 5.20. The quantitative estimate of drug-likeness (QED) is 0.271. The Morgan fingerprint density at radius 2 is 1.75 bits per heavy atom. The number of nitriles is 1. The minimum absolute atomic E-state index is 0.0447. The van der Waals surface area contributed by atoms with Crippen molar-refractivity contribution >= 4 is 11.4 Å². The maximum absolute atomic E-state index is 14.5. The van der Waals surface area contributed by atoms with Gasteiger partial charge >= 0.3 is 0 Å². The van der Waals surface area contributed by atoms with Crippen LogP contribution < -0.4 is 24.0 Å². The first-order valence-electron chi connectivity index (χ1n) is 14.0. The second-order valence-corrected chi connectivity index (χ2v) is 10.3. The van der Waals surface area contributed by atoms with Crippen LogP contribution in [0.2, 0.25) is 0 Å². The predicted molar refractivity (Wildman–Crippen MR) is 156 cm³/mol. The second-order valence-electron chi connectivity index (χ2n) is 10.3. The molecule has 2 heterocycles. The number of hydrogen-bond acceptors (Lipinski definition) is 6. The summed E-state index contributed by atoms with van der Waals surface area (Å²) < 4.78 is 31.7. The molecular weight excluding hydrogens is 505 g/mol. The fourth-order valence-electron chi connectivity index (χ4n) is 5.57. The third kappa shape index (κ3) is 6.51. The molecule has 0 N–H and O–H groups in total. The summed E-state index contributed by atoms with van der Waals surface area (Å²) in [6, 6.07) is 23.6. The van der Waals surface area contributed by atoms with Gasteiger partial charge in [-0.1, -0.05) is 18.2 Å². The molecule has 0 saturated carbocycles. The van der Waals surface area contributed by atoms with Crippen LogP contribution in [0.3, 0.4) is 0 Å². The molecule has 0 aliphatic carbocycles. The predicted octanol–water partition coefficient (Wildman–Crippen LogP) is 6.55. The molecule has 6 nitrogen and oxygen atoms in total. The van der Waals surface area contributed by atoms with E-state index in [2.05, 4.69) is 46.2 Å². The lowest BCUT2D eigenvalue weighted by atomic mass is 10.0. The van der Waals surface area contributed by atoms with Crippen molar-refractivity contribution in [3.63, 3.8) is 0 Å². The van der Waals surface area contributed by atoms with Gasteiger partial charge in [-0.15, -0.1) is 0 Å². The number of ether oxygens (including phenoxy) is 3. The molecule has 7 heteroatoms. The second kappa shape index (κ2) is 12.8. The number of anilines is 2. The monoisotopic (exact) mass is 541 g/mol. The first-order valence-corrected chi connectivity index (χ1v) is 14.0. The molecule has 5 rings (SSSR count). The van der Waals surface area contributed by atoms with Gasteiger partial charge in [-0.25, -0.2) is 4.39 Å². The van der Waals surface area contributed by atoms with Crippen molar-refractivity contribution < 1.29 is 18.6 Å². The average Bonchev–Trinajstić information content (AvgIpc) is 3.37. The van der Waals surface area contributed by atoms with Crippen LogP contribution in [0.5, 0.6) is 17.2 Å². The smallest absolute Gasteiger partial charge is 0.146 e. The topological polar surface area (TPSA) is 58.0 Å². The van der Waals surface area contributed by atoms with Crippen LogP contribution in [0.4, 0.5) is 15.8 Å². The zero-order chi connectivity index (χ0) is 27.9. The highest BCUT2D eigenvalue weighted by atomic mass is 19.1. The Kier molecular flexibility index (Phi) is 8.75. The van der Waals surface area contributed by atoms with Gasteiger partial charge in [0, 0.05) is 44.2 Å². The van der Waals surface area contributed by atoms with Crippen LogP contribution in [0.1, 0.15) is 31.7 Å². The Balaban J connectivity index is 1.17. The van der Waals surface area contributed by atoms with Crippen molar-refractivity contribution in [2.24, 2.45) is 0 Å². The molecule has 40 heavy (non-hydrogen) atoms. The molecule has 1 unspecified atom stereocenters. The number of hydrogen-bond donors (Lipinski definition) is 0. The third-order valence-corrected chi connectivity index (χ3v) is 7.55. The van der Waals surface area contributed by atoms with Crippen LogP contribution >= 0.6 is 0 Å². The Hall–Kier alpha value is -4.18. The molecule has 1 atom stereocenters. The summed E-state index contributed by atoms with van der Waals surface area (Å²) in [7, 11) is 1.68. The summed E-state index contributed by atoms with van der Waals surface area (Å²) in [4.78, 5) is 4.35. The van der Waals surface area contributed by atoms with Crippen molar-refractivity contribution in [1.82, 2.24) is 0 Å². The van der Waals surface area contributed by atoms with Crippen molar-refractivity contribution in [3.8, 4) is 23.3 Å². The van der Waals surface area contributed by atoms with Gasteiger partial charge in [0.05, 0.1) is 37.9 Å². The first kappa shape index (κ1) is 27.4. The summed E-state index contributed by atoms with van der Waals surface area (Å²) in [6.45, 7) is 4.70. The highest BCUT2D eigenvalue weighted by molar-refractivity contribution is 5.55. The molecule has 1 fully saturated rings. The van der Waals surface area contributed by atoms with E-state index in [4.69, 9.17) is 14.2 Å². The minimum atomic E-state index is -0.226. The zero-order valence-electron chi connectivity index (χ0n) is 23.2. The summed E-state index contributed by atoms with van der Waals surface area (Å²) in [5.41, 5.74) is 4.15. The highest BCUT2D eigenvalue weighted by Gasteiger charge is 2.26. The highest BCUT2D eigenvalue weighted by Crippen LogP contribution is 2.32. The Labute approximate surface area is 236 Å². The van der Waals surface area contributed by atoms with E-state index < -0.39 is 0 Å². The Bertz CT molecular complexity index is 1360. The first-order chi connectivity index (χ1) is 19.6. The van der Waals surface area contributed by atoms with E-state index in [9.17, 15) is 9.65 Å². The number of rotatable bonds is 10. The molecule has 3 aromatic rings. The summed E-state index contributed by atoms with van der Waals surface area (Å²) >= 11 is 0. The van der Waals surface area contributed by atoms with E-state index >= 15 is 0 Å². The van der Waals surface area contributed by atoms with E-state index in [1.807, 2.05) is 31.2 Å². The van der Waals surface area contributed by atoms with E-state index in [1.165, 1.54) is 17.2 Å². The van der Waals surface area contributed by atoms with Crippen molar-refractivity contribution in [3.05, 3.63) is 89.8 Å². The Morgan fingerprint density at radius 3 is 2.48 bits per heavy atom. The van der Waals surface area contributed by atoms with Crippen molar-refractivity contribution in [2.45, 2.75) is 44.8 Å². The normalized spacial score (nSPS) is 17.4. The molecular formula is C33H36FN3O3.